The summed E-state index contributed by atoms with van der Waals surface area (Å²) in [5.41, 5.74) is 1.07. The van der Waals surface area contributed by atoms with Crippen LogP contribution in [0.2, 0.25) is 0 Å². The molecule has 1 saturated heterocycles. The molecule has 0 amide bonds. The fourth-order valence-electron chi connectivity index (χ4n) is 2.93. The highest BCUT2D eigenvalue weighted by Crippen LogP contribution is 2.38. The number of fused-ring (bicyclic) bond motifs is 1. The van der Waals surface area contributed by atoms with Crippen LogP contribution in [-0.2, 0) is 4.74 Å². The van der Waals surface area contributed by atoms with Gasteiger partial charge in [-0.2, -0.15) is 0 Å². The van der Waals surface area contributed by atoms with Gasteiger partial charge in [-0.3, -0.25) is 0 Å². The summed E-state index contributed by atoms with van der Waals surface area (Å²) in [5.74, 6) is 0.239. The zero-order valence-electron chi connectivity index (χ0n) is 10.5. The first-order valence-corrected chi connectivity index (χ1v) is 7.45. The quantitative estimate of drug-likeness (QED) is 0.913. The van der Waals surface area contributed by atoms with Crippen molar-refractivity contribution < 1.29 is 9.84 Å². The Labute approximate surface area is 111 Å². The van der Waals surface area contributed by atoms with Gasteiger partial charge in [0.2, 0.25) is 0 Å². The summed E-state index contributed by atoms with van der Waals surface area (Å²) in [4.78, 5) is 0. The zero-order valence-corrected chi connectivity index (χ0v) is 11.3. The number of benzene rings is 1. The Kier molecular flexibility index (Phi) is 3.37. The van der Waals surface area contributed by atoms with Crippen molar-refractivity contribution in [2.75, 3.05) is 6.61 Å². The molecule has 0 aliphatic carbocycles. The fraction of sp³-hybridized carbons (Fsp3) is 0.467. The van der Waals surface area contributed by atoms with E-state index >= 15 is 0 Å². The summed E-state index contributed by atoms with van der Waals surface area (Å²) < 4.78 is 6.91. The Hall–Kier alpha value is -0.900. The van der Waals surface area contributed by atoms with Gasteiger partial charge in [0.1, 0.15) is 0 Å². The Bertz CT molecular complexity index is 534. The molecule has 0 saturated carbocycles. The molecular formula is C15H18O2S. The van der Waals surface area contributed by atoms with Crippen molar-refractivity contribution in [2.45, 2.75) is 32.0 Å². The average molecular weight is 262 g/mol. The minimum atomic E-state index is -0.403. The van der Waals surface area contributed by atoms with Crippen LogP contribution in [0, 0.1) is 5.92 Å². The molecule has 2 aromatic rings. The molecule has 2 heterocycles. The summed E-state index contributed by atoms with van der Waals surface area (Å²) in [6, 6.07) is 8.29. The van der Waals surface area contributed by atoms with Gasteiger partial charge in [-0.15, -0.1) is 11.3 Å². The summed E-state index contributed by atoms with van der Waals surface area (Å²) >= 11 is 1.71. The maximum absolute atomic E-state index is 10.7. The van der Waals surface area contributed by atoms with Crippen molar-refractivity contribution in [1.82, 2.24) is 0 Å². The van der Waals surface area contributed by atoms with Gasteiger partial charge >= 0.3 is 0 Å². The second-order valence-electron chi connectivity index (χ2n) is 4.90. The lowest BCUT2D eigenvalue weighted by molar-refractivity contribution is 0.0314. The van der Waals surface area contributed by atoms with Gasteiger partial charge in [-0.1, -0.05) is 25.1 Å². The first-order valence-electron chi connectivity index (χ1n) is 6.57. The third-order valence-electron chi connectivity index (χ3n) is 3.90. The first-order chi connectivity index (χ1) is 8.81. The van der Waals surface area contributed by atoms with E-state index in [2.05, 4.69) is 30.5 Å². The van der Waals surface area contributed by atoms with Crippen molar-refractivity contribution >= 4 is 21.4 Å². The lowest BCUT2D eigenvalue weighted by atomic mass is 9.88. The first kappa shape index (κ1) is 12.2. The van der Waals surface area contributed by atoms with Crippen molar-refractivity contribution in [2.24, 2.45) is 5.92 Å². The maximum atomic E-state index is 10.7. The van der Waals surface area contributed by atoms with E-state index in [4.69, 9.17) is 4.74 Å². The number of rotatable bonds is 3. The molecule has 1 aromatic heterocycles. The fourth-order valence-corrected chi connectivity index (χ4v) is 3.87. The second kappa shape index (κ2) is 5.00. The second-order valence-corrected chi connectivity index (χ2v) is 5.82. The van der Waals surface area contributed by atoms with Crippen LogP contribution in [-0.4, -0.2) is 17.8 Å². The minimum absolute atomic E-state index is 0.204. The Morgan fingerprint density at radius 3 is 3.17 bits per heavy atom. The van der Waals surface area contributed by atoms with E-state index in [9.17, 15) is 5.11 Å². The molecule has 3 heteroatoms. The molecule has 1 aliphatic heterocycles. The predicted octanol–water partition coefficient (Wildman–Crippen LogP) is 3.75. The summed E-state index contributed by atoms with van der Waals surface area (Å²) in [7, 11) is 0. The van der Waals surface area contributed by atoms with E-state index in [1.807, 2.05) is 6.07 Å². The van der Waals surface area contributed by atoms with Crippen LogP contribution in [0.4, 0.5) is 0 Å². The summed E-state index contributed by atoms with van der Waals surface area (Å²) in [6.45, 7) is 2.90. The Morgan fingerprint density at radius 1 is 1.44 bits per heavy atom. The van der Waals surface area contributed by atoms with Crippen LogP contribution >= 0.6 is 11.3 Å². The summed E-state index contributed by atoms with van der Waals surface area (Å²) in [5, 5.41) is 14.0. The van der Waals surface area contributed by atoms with Crippen LogP contribution < -0.4 is 0 Å². The lowest BCUT2D eigenvalue weighted by Gasteiger charge is -2.23. The molecule has 0 bridgehead atoms. The van der Waals surface area contributed by atoms with Gasteiger partial charge in [0.25, 0.3) is 0 Å². The van der Waals surface area contributed by atoms with Crippen LogP contribution in [0.5, 0.6) is 0 Å². The van der Waals surface area contributed by atoms with Gasteiger partial charge in [-0.05, 0) is 35.2 Å². The smallest absolute Gasteiger partial charge is 0.0857 e. The van der Waals surface area contributed by atoms with Crippen molar-refractivity contribution in [3.8, 4) is 0 Å². The van der Waals surface area contributed by atoms with Gasteiger partial charge in [0.15, 0.2) is 0 Å². The van der Waals surface area contributed by atoms with E-state index in [1.54, 1.807) is 11.3 Å². The largest absolute Gasteiger partial charge is 0.388 e. The molecule has 3 unspecified atom stereocenters. The van der Waals surface area contributed by atoms with E-state index in [0.717, 1.165) is 25.0 Å². The molecule has 0 spiro atoms. The monoisotopic (exact) mass is 262 g/mol. The van der Waals surface area contributed by atoms with E-state index in [0.29, 0.717) is 0 Å². The lowest BCUT2D eigenvalue weighted by Crippen LogP contribution is -2.22. The standard InChI is InChI=1S/C15H18O2S/c1-2-13-11(6-8-17-13)14(16)12-5-3-4-10-7-9-18-15(10)12/h3-5,7,9,11,13-14,16H,2,6,8H2,1H3. The van der Waals surface area contributed by atoms with Crippen LogP contribution in [0.15, 0.2) is 29.6 Å². The van der Waals surface area contributed by atoms with Gasteiger partial charge < -0.3 is 9.84 Å². The number of aliphatic hydroxyl groups excluding tert-OH is 1. The van der Waals surface area contributed by atoms with Gasteiger partial charge in [0.05, 0.1) is 12.2 Å². The summed E-state index contributed by atoms with van der Waals surface area (Å²) in [6.07, 6.45) is 1.74. The number of ether oxygens (including phenoxy) is 1. The normalized spacial score (nSPS) is 25.7. The Morgan fingerprint density at radius 2 is 2.33 bits per heavy atom. The number of aliphatic hydroxyl groups is 1. The van der Waals surface area contributed by atoms with Crippen molar-refractivity contribution in [1.29, 1.82) is 0 Å². The van der Waals surface area contributed by atoms with Crippen molar-refractivity contribution in [3.05, 3.63) is 35.2 Å². The number of hydrogen-bond acceptors (Lipinski definition) is 3. The highest BCUT2D eigenvalue weighted by molar-refractivity contribution is 7.17. The molecular weight excluding hydrogens is 244 g/mol. The van der Waals surface area contributed by atoms with Gasteiger partial charge in [-0.25, -0.2) is 0 Å². The van der Waals surface area contributed by atoms with Gasteiger partial charge in [0, 0.05) is 17.2 Å². The molecule has 0 radical (unpaired) electrons. The maximum Gasteiger partial charge on any atom is 0.0857 e. The molecule has 96 valence electrons. The number of hydrogen-bond donors (Lipinski definition) is 1. The SMILES string of the molecule is CCC1OCCC1C(O)c1cccc2ccsc12. The number of thiophene rings is 1. The van der Waals surface area contributed by atoms with E-state index in [-0.39, 0.29) is 12.0 Å². The molecule has 3 atom stereocenters. The zero-order chi connectivity index (χ0) is 12.5. The molecule has 1 aromatic carbocycles. The average Bonchev–Trinajstić information content (AvgIpc) is 3.05. The van der Waals surface area contributed by atoms with E-state index in [1.165, 1.54) is 10.1 Å². The molecule has 1 fully saturated rings. The molecule has 1 aliphatic rings. The van der Waals surface area contributed by atoms with Crippen LogP contribution in [0.25, 0.3) is 10.1 Å². The highest BCUT2D eigenvalue weighted by Gasteiger charge is 2.34. The minimum Gasteiger partial charge on any atom is -0.388 e. The molecule has 2 nitrogen and oxygen atoms in total. The molecule has 1 N–H and O–H groups in total. The van der Waals surface area contributed by atoms with Crippen LogP contribution in [0.1, 0.15) is 31.4 Å². The third-order valence-corrected chi connectivity index (χ3v) is 4.88. The van der Waals surface area contributed by atoms with Crippen molar-refractivity contribution in [3.63, 3.8) is 0 Å². The third kappa shape index (κ3) is 1.96. The highest BCUT2D eigenvalue weighted by atomic mass is 32.1. The Balaban J connectivity index is 1.96. The predicted molar refractivity (Wildman–Crippen MR) is 74.9 cm³/mol. The molecule has 3 rings (SSSR count). The molecule has 18 heavy (non-hydrogen) atoms. The van der Waals surface area contributed by atoms with E-state index < -0.39 is 6.10 Å². The van der Waals surface area contributed by atoms with Crippen LogP contribution in [0.3, 0.4) is 0 Å². The topological polar surface area (TPSA) is 29.5 Å².